The molecule has 0 saturated heterocycles. The Morgan fingerprint density at radius 2 is 1.88 bits per heavy atom. The van der Waals surface area contributed by atoms with Gasteiger partial charge in [-0.3, -0.25) is 0 Å². The molecule has 0 aliphatic heterocycles. The molecular weight excluding hydrogens is 228 g/mol. The molecule has 2 nitrogen and oxygen atoms in total. The van der Waals surface area contributed by atoms with Crippen LogP contribution < -0.4 is 10.6 Å². The van der Waals surface area contributed by atoms with Crippen molar-refractivity contribution in [3.05, 3.63) is 47.3 Å². The summed E-state index contributed by atoms with van der Waals surface area (Å²) >= 11 is 1.68. The minimum Gasteiger partial charge on any atom is -0.391 e. The van der Waals surface area contributed by atoms with Crippen LogP contribution in [0.4, 0.5) is 10.7 Å². The molecule has 0 aliphatic carbocycles. The van der Waals surface area contributed by atoms with Crippen molar-refractivity contribution in [3.8, 4) is 0 Å². The summed E-state index contributed by atoms with van der Waals surface area (Å²) in [6.07, 6.45) is 1.03. The van der Waals surface area contributed by atoms with E-state index < -0.39 is 0 Å². The lowest BCUT2D eigenvalue weighted by atomic mass is 10.1. The second-order valence-corrected chi connectivity index (χ2v) is 5.50. The Labute approximate surface area is 107 Å². The third-order valence-corrected chi connectivity index (χ3v) is 3.94. The Kier molecular flexibility index (Phi) is 3.69. The number of likely N-dealkylation sites (N-methyl/N-ethyl adjacent to an activating group) is 1. The highest BCUT2D eigenvalue weighted by Gasteiger charge is 2.11. The first-order valence-corrected chi connectivity index (χ1v) is 6.60. The van der Waals surface area contributed by atoms with Gasteiger partial charge in [0.2, 0.25) is 0 Å². The number of benzene rings is 1. The summed E-state index contributed by atoms with van der Waals surface area (Å²) in [5.41, 5.74) is 7.00. The quantitative estimate of drug-likeness (QED) is 0.896. The number of hydrogen-bond acceptors (Lipinski definition) is 3. The van der Waals surface area contributed by atoms with Gasteiger partial charge in [0.15, 0.2) is 0 Å². The van der Waals surface area contributed by atoms with Gasteiger partial charge in [0.05, 0.1) is 5.00 Å². The summed E-state index contributed by atoms with van der Waals surface area (Å²) in [5.74, 6) is 0. The van der Waals surface area contributed by atoms with Crippen LogP contribution in [0.3, 0.4) is 0 Å². The number of nitrogens with two attached hydrogens (primary N) is 1. The molecular formula is C14H18N2S. The molecule has 0 saturated carbocycles. The van der Waals surface area contributed by atoms with Crippen molar-refractivity contribution in [3.63, 3.8) is 0 Å². The minimum atomic E-state index is 0.468. The molecule has 2 N–H and O–H groups in total. The van der Waals surface area contributed by atoms with Crippen molar-refractivity contribution < 1.29 is 0 Å². The van der Waals surface area contributed by atoms with E-state index in [4.69, 9.17) is 5.73 Å². The van der Waals surface area contributed by atoms with Crippen LogP contribution in [0.25, 0.3) is 0 Å². The van der Waals surface area contributed by atoms with E-state index in [0.29, 0.717) is 6.04 Å². The number of nitrogens with zero attached hydrogens (tertiary/aromatic N) is 1. The van der Waals surface area contributed by atoms with Crippen LogP contribution >= 0.6 is 11.3 Å². The Bertz CT molecular complexity index is 464. The highest BCUT2D eigenvalue weighted by atomic mass is 32.1. The van der Waals surface area contributed by atoms with Gasteiger partial charge in [-0.25, -0.2) is 0 Å². The van der Waals surface area contributed by atoms with E-state index in [1.54, 1.807) is 11.3 Å². The fourth-order valence-electron chi connectivity index (χ4n) is 1.85. The first kappa shape index (κ1) is 12.0. The van der Waals surface area contributed by atoms with Crippen molar-refractivity contribution in [2.24, 2.45) is 0 Å². The summed E-state index contributed by atoms with van der Waals surface area (Å²) in [7, 11) is 2.14. The smallest absolute Gasteiger partial charge is 0.0859 e. The topological polar surface area (TPSA) is 29.3 Å². The maximum Gasteiger partial charge on any atom is 0.0859 e. The van der Waals surface area contributed by atoms with E-state index in [0.717, 1.165) is 11.4 Å². The SMILES string of the molecule is CC(Cc1ccc(N)s1)N(C)c1ccccc1. The average Bonchev–Trinajstić information content (AvgIpc) is 2.75. The zero-order valence-corrected chi connectivity index (χ0v) is 11.1. The van der Waals surface area contributed by atoms with Gasteiger partial charge in [-0.2, -0.15) is 0 Å². The molecule has 3 heteroatoms. The number of thiophene rings is 1. The van der Waals surface area contributed by atoms with Gasteiger partial charge >= 0.3 is 0 Å². The Hall–Kier alpha value is -1.48. The largest absolute Gasteiger partial charge is 0.391 e. The molecule has 2 rings (SSSR count). The highest BCUT2D eigenvalue weighted by Crippen LogP contribution is 2.22. The van der Waals surface area contributed by atoms with E-state index in [2.05, 4.69) is 49.2 Å². The van der Waals surface area contributed by atoms with Crippen molar-refractivity contribution in [2.45, 2.75) is 19.4 Å². The number of nitrogen functional groups attached to an aromatic ring is 1. The van der Waals surface area contributed by atoms with Crippen LogP contribution in [0.1, 0.15) is 11.8 Å². The predicted molar refractivity (Wildman–Crippen MR) is 76.7 cm³/mol. The van der Waals surface area contributed by atoms with Crippen LogP contribution in [-0.4, -0.2) is 13.1 Å². The minimum absolute atomic E-state index is 0.468. The lowest BCUT2D eigenvalue weighted by Crippen LogP contribution is -2.30. The molecule has 0 spiro atoms. The van der Waals surface area contributed by atoms with Crippen molar-refractivity contribution in [1.29, 1.82) is 0 Å². The molecule has 1 aromatic carbocycles. The molecule has 1 aromatic heterocycles. The maximum absolute atomic E-state index is 5.75. The van der Waals surface area contributed by atoms with E-state index in [-0.39, 0.29) is 0 Å². The van der Waals surface area contributed by atoms with Gasteiger partial charge in [-0.15, -0.1) is 11.3 Å². The number of para-hydroxylation sites is 1. The zero-order valence-electron chi connectivity index (χ0n) is 10.3. The Balaban J connectivity index is 2.03. The first-order chi connectivity index (χ1) is 8.16. The fourth-order valence-corrected chi connectivity index (χ4v) is 2.75. The summed E-state index contributed by atoms with van der Waals surface area (Å²) in [4.78, 5) is 3.65. The third kappa shape index (κ3) is 3.01. The molecule has 1 heterocycles. The number of hydrogen-bond donors (Lipinski definition) is 1. The molecule has 0 fully saturated rings. The highest BCUT2D eigenvalue weighted by molar-refractivity contribution is 7.15. The monoisotopic (exact) mass is 246 g/mol. The number of rotatable bonds is 4. The van der Waals surface area contributed by atoms with E-state index in [1.165, 1.54) is 10.6 Å². The van der Waals surface area contributed by atoms with Crippen LogP contribution in [0.5, 0.6) is 0 Å². The van der Waals surface area contributed by atoms with Gasteiger partial charge in [0.25, 0.3) is 0 Å². The maximum atomic E-state index is 5.75. The van der Waals surface area contributed by atoms with Gasteiger partial charge < -0.3 is 10.6 Å². The zero-order chi connectivity index (χ0) is 12.3. The second kappa shape index (κ2) is 5.23. The van der Waals surface area contributed by atoms with Gasteiger partial charge in [0, 0.05) is 30.1 Å². The van der Waals surface area contributed by atoms with Crippen molar-refractivity contribution in [2.75, 3.05) is 17.7 Å². The lowest BCUT2D eigenvalue weighted by molar-refractivity contribution is 0.688. The van der Waals surface area contributed by atoms with Crippen LogP contribution in [0, 0.1) is 0 Å². The number of anilines is 2. The first-order valence-electron chi connectivity index (χ1n) is 5.79. The van der Waals surface area contributed by atoms with Crippen molar-refractivity contribution >= 4 is 22.0 Å². The molecule has 2 aromatic rings. The second-order valence-electron chi connectivity index (χ2n) is 4.30. The standard InChI is InChI=1S/C14H18N2S/c1-11(10-13-8-9-14(15)17-13)16(2)12-6-4-3-5-7-12/h3-9,11H,10,15H2,1-2H3. The third-order valence-electron chi connectivity index (χ3n) is 3.00. The molecule has 0 aliphatic rings. The lowest BCUT2D eigenvalue weighted by Gasteiger charge is -2.26. The summed E-state index contributed by atoms with van der Waals surface area (Å²) < 4.78 is 0. The van der Waals surface area contributed by atoms with Crippen LogP contribution in [0.15, 0.2) is 42.5 Å². The Morgan fingerprint density at radius 3 is 2.47 bits per heavy atom. The molecule has 1 unspecified atom stereocenters. The predicted octanol–water partition coefficient (Wildman–Crippen LogP) is 3.40. The van der Waals surface area contributed by atoms with Crippen molar-refractivity contribution in [1.82, 2.24) is 0 Å². The fraction of sp³-hybridized carbons (Fsp3) is 0.286. The summed E-state index contributed by atoms with van der Waals surface area (Å²) in [6, 6.07) is 15.0. The van der Waals surface area contributed by atoms with Gasteiger partial charge in [0.1, 0.15) is 0 Å². The Morgan fingerprint density at radius 1 is 1.18 bits per heavy atom. The normalized spacial score (nSPS) is 12.4. The molecule has 0 amide bonds. The molecule has 17 heavy (non-hydrogen) atoms. The average molecular weight is 246 g/mol. The van der Waals surface area contributed by atoms with E-state index in [9.17, 15) is 0 Å². The van der Waals surface area contributed by atoms with Crippen LogP contribution in [-0.2, 0) is 6.42 Å². The molecule has 1 atom stereocenters. The van der Waals surface area contributed by atoms with E-state index >= 15 is 0 Å². The summed E-state index contributed by atoms with van der Waals surface area (Å²) in [6.45, 7) is 2.24. The van der Waals surface area contributed by atoms with Crippen LogP contribution in [0.2, 0.25) is 0 Å². The van der Waals surface area contributed by atoms with Gasteiger partial charge in [-0.1, -0.05) is 18.2 Å². The molecule has 0 radical (unpaired) electrons. The summed E-state index contributed by atoms with van der Waals surface area (Å²) in [5, 5.41) is 0.898. The molecule has 0 bridgehead atoms. The van der Waals surface area contributed by atoms with E-state index in [1.807, 2.05) is 12.1 Å². The molecule has 90 valence electrons. The van der Waals surface area contributed by atoms with Gasteiger partial charge in [-0.05, 0) is 31.2 Å².